The fourth-order valence-corrected chi connectivity index (χ4v) is 7.72. The van der Waals surface area contributed by atoms with E-state index in [9.17, 15) is 0 Å². The molecule has 2 heteroatoms. The minimum absolute atomic E-state index is 0.908. The molecule has 0 aliphatic carbocycles. The van der Waals surface area contributed by atoms with Gasteiger partial charge in [-0.15, -0.1) is 0 Å². The first-order valence-electron chi connectivity index (χ1n) is 17.8. The zero-order valence-corrected chi connectivity index (χ0v) is 28.4. The van der Waals surface area contributed by atoms with Crippen LogP contribution in [0.4, 0.5) is 17.1 Å². The van der Waals surface area contributed by atoms with Crippen LogP contribution in [0, 0.1) is 0 Å². The Morgan fingerprint density at radius 1 is 0.327 bits per heavy atom. The lowest BCUT2D eigenvalue weighted by molar-refractivity contribution is 0.670. The highest BCUT2D eigenvalue weighted by atomic mass is 16.3. The minimum Gasteiger partial charge on any atom is -0.455 e. The van der Waals surface area contributed by atoms with Crippen LogP contribution in [-0.4, -0.2) is 0 Å². The molecule has 0 atom stereocenters. The molecule has 0 saturated carbocycles. The third-order valence-electron chi connectivity index (χ3n) is 10.3. The topological polar surface area (TPSA) is 16.4 Å². The van der Waals surface area contributed by atoms with Crippen molar-refractivity contribution in [3.63, 3.8) is 0 Å². The second-order valence-corrected chi connectivity index (χ2v) is 13.3. The fraction of sp³-hybridized carbons (Fsp3) is 0. The predicted molar refractivity (Wildman–Crippen MR) is 220 cm³/mol. The lowest BCUT2D eigenvalue weighted by Crippen LogP contribution is -2.11. The van der Waals surface area contributed by atoms with Crippen molar-refractivity contribution in [2.45, 2.75) is 0 Å². The average molecular weight is 664 g/mol. The Bertz CT molecular complexity index is 2890. The van der Waals surface area contributed by atoms with Gasteiger partial charge in [0.25, 0.3) is 0 Å². The molecule has 52 heavy (non-hydrogen) atoms. The first kappa shape index (κ1) is 30.0. The summed E-state index contributed by atoms with van der Waals surface area (Å²) in [4.78, 5) is 2.39. The predicted octanol–water partition coefficient (Wildman–Crippen LogP) is 14.4. The number of para-hydroxylation sites is 3. The van der Waals surface area contributed by atoms with E-state index in [0.717, 1.165) is 55.7 Å². The van der Waals surface area contributed by atoms with Gasteiger partial charge in [0, 0.05) is 33.3 Å². The SMILES string of the molecule is c1ccc(-c2ccc(-c3ccccc3N(c3ccc(-c4cccc5c4oc4ccccc45)cc3)c3ccc4c(ccc5ccccc54)c3)cc2)cc1. The summed E-state index contributed by atoms with van der Waals surface area (Å²) in [6, 6.07) is 71.7. The molecule has 10 aromatic rings. The number of rotatable bonds is 6. The molecular formula is C50H33NO. The van der Waals surface area contributed by atoms with Crippen molar-refractivity contribution in [3.8, 4) is 33.4 Å². The zero-order chi connectivity index (χ0) is 34.4. The molecule has 0 aliphatic rings. The normalized spacial score (nSPS) is 11.5. The van der Waals surface area contributed by atoms with Crippen LogP contribution in [-0.2, 0) is 0 Å². The molecule has 0 aliphatic heterocycles. The second kappa shape index (κ2) is 12.5. The third kappa shape index (κ3) is 5.12. The Kier molecular flexibility index (Phi) is 7.18. The molecule has 0 unspecified atom stereocenters. The summed E-state index contributed by atoms with van der Waals surface area (Å²) in [5.74, 6) is 0. The molecule has 1 heterocycles. The molecular weight excluding hydrogens is 631 g/mol. The number of fused-ring (bicyclic) bond motifs is 6. The maximum atomic E-state index is 6.42. The smallest absolute Gasteiger partial charge is 0.143 e. The summed E-state index contributed by atoms with van der Waals surface area (Å²) >= 11 is 0. The van der Waals surface area contributed by atoms with Crippen molar-refractivity contribution in [1.82, 2.24) is 0 Å². The molecule has 9 aromatic carbocycles. The summed E-state index contributed by atoms with van der Waals surface area (Å²) in [5.41, 5.74) is 12.1. The minimum atomic E-state index is 0.908. The molecule has 244 valence electrons. The Morgan fingerprint density at radius 2 is 0.904 bits per heavy atom. The third-order valence-corrected chi connectivity index (χ3v) is 10.3. The van der Waals surface area contributed by atoms with E-state index in [2.05, 4.69) is 193 Å². The highest BCUT2D eigenvalue weighted by Crippen LogP contribution is 2.43. The van der Waals surface area contributed by atoms with E-state index < -0.39 is 0 Å². The number of benzene rings is 9. The molecule has 10 rings (SSSR count). The Labute approximate surface area is 302 Å². The van der Waals surface area contributed by atoms with Gasteiger partial charge in [-0.3, -0.25) is 0 Å². The maximum absolute atomic E-state index is 6.42. The highest BCUT2D eigenvalue weighted by Gasteiger charge is 2.19. The van der Waals surface area contributed by atoms with E-state index in [1.807, 2.05) is 12.1 Å². The Morgan fingerprint density at radius 3 is 1.77 bits per heavy atom. The fourth-order valence-electron chi connectivity index (χ4n) is 7.72. The first-order chi connectivity index (χ1) is 25.8. The van der Waals surface area contributed by atoms with Crippen LogP contribution in [0.15, 0.2) is 205 Å². The molecule has 0 amide bonds. The van der Waals surface area contributed by atoms with E-state index in [-0.39, 0.29) is 0 Å². The molecule has 0 N–H and O–H groups in total. The summed E-state index contributed by atoms with van der Waals surface area (Å²) in [5, 5.41) is 7.24. The van der Waals surface area contributed by atoms with Gasteiger partial charge >= 0.3 is 0 Å². The van der Waals surface area contributed by atoms with Gasteiger partial charge in [0.05, 0.1) is 5.69 Å². The lowest BCUT2D eigenvalue weighted by atomic mass is 9.97. The van der Waals surface area contributed by atoms with Crippen molar-refractivity contribution in [2.24, 2.45) is 0 Å². The van der Waals surface area contributed by atoms with Crippen molar-refractivity contribution >= 4 is 60.5 Å². The van der Waals surface area contributed by atoms with E-state index in [1.165, 1.54) is 38.2 Å². The number of anilines is 3. The molecule has 2 nitrogen and oxygen atoms in total. The van der Waals surface area contributed by atoms with Crippen LogP contribution in [0.5, 0.6) is 0 Å². The molecule has 0 fully saturated rings. The van der Waals surface area contributed by atoms with E-state index in [4.69, 9.17) is 4.42 Å². The summed E-state index contributed by atoms with van der Waals surface area (Å²) in [7, 11) is 0. The van der Waals surface area contributed by atoms with Gasteiger partial charge in [0.15, 0.2) is 0 Å². The molecule has 0 radical (unpaired) electrons. The number of nitrogens with zero attached hydrogens (tertiary/aromatic N) is 1. The van der Waals surface area contributed by atoms with Crippen LogP contribution in [0.2, 0.25) is 0 Å². The van der Waals surface area contributed by atoms with Crippen LogP contribution in [0.1, 0.15) is 0 Å². The van der Waals surface area contributed by atoms with Crippen LogP contribution in [0.25, 0.3) is 76.9 Å². The monoisotopic (exact) mass is 663 g/mol. The zero-order valence-electron chi connectivity index (χ0n) is 28.4. The van der Waals surface area contributed by atoms with Crippen molar-refractivity contribution in [1.29, 1.82) is 0 Å². The second-order valence-electron chi connectivity index (χ2n) is 13.3. The van der Waals surface area contributed by atoms with E-state index in [0.29, 0.717) is 0 Å². The van der Waals surface area contributed by atoms with Gasteiger partial charge in [-0.1, -0.05) is 164 Å². The van der Waals surface area contributed by atoms with Gasteiger partial charge in [-0.25, -0.2) is 0 Å². The van der Waals surface area contributed by atoms with Gasteiger partial charge in [0.2, 0.25) is 0 Å². The number of furan rings is 1. The Balaban J connectivity index is 1.12. The van der Waals surface area contributed by atoms with Gasteiger partial charge in [-0.05, 0) is 80.2 Å². The maximum Gasteiger partial charge on any atom is 0.143 e. The van der Waals surface area contributed by atoms with Crippen LogP contribution in [0.3, 0.4) is 0 Å². The van der Waals surface area contributed by atoms with Crippen molar-refractivity contribution in [3.05, 3.63) is 200 Å². The first-order valence-corrected chi connectivity index (χ1v) is 17.8. The van der Waals surface area contributed by atoms with Crippen molar-refractivity contribution in [2.75, 3.05) is 4.90 Å². The largest absolute Gasteiger partial charge is 0.455 e. The lowest BCUT2D eigenvalue weighted by Gasteiger charge is -2.28. The van der Waals surface area contributed by atoms with Gasteiger partial charge in [-0.2, -0.15) is 0 Å². The molecule has 0 bridgehead atoms. The Hall–Kier alpha value is -6.90. The summed E-state index contributed by atoms with van der Waals surface area (Å²) in [6.45, 7) is 0. The quantitative estimate of drug-likeness (QED) is 0.165. The van der Waals surface area contributed by atoms with Gasteiger partial charge < -0.3 is 9.32 Å². The number of hydrogen-bond acceptors (Lipinski definition) is 2. The molecule has 0 saturated heterocycles. The standard InChI is InChI=1S/C50H33NO/c1-2-11-34(12-3-1)35-21-23-37(24-22-35)44-15-6-8-19-48(44)51(41-31-32-43-39(33-41)26-25-36-13-4-5-14-42(36)43)40-29-27-38(28-30-40)45-17-10-18-47-46-16-7-9-20-49(46)52-50(45)47/h1-33H. The molecule has 0 spiro atoms. The highest BCUT2D eigenvalue weighted by molar-refractivity contribution is 6.10. The van der Waals surface area contributed by atoms with E-state index in [1.54, 1.807) is 0 Å². The van der Waals surface area contributed by atoms with Crippen LogP contribution < -0.4 is 4.90 Å². The number of hydrogen-bond donors (Lipinski definition) is 0. The van der Waals surface area contributed by atoms with Crippen molar-refractivity contribution < 1.29 is 4.42 Å². The summed E-state index contributed by atoms with van der Waals surface area (Å²) < 4.78 is 6.42. The average Bonchev–Trinajstić information content (AvgIpc) is 3.61. The van der Waals surface area contributed by atoms with Gasteiger partial charge in [0.1, 0.15) is 11.2 Å². The molecule has 1 aromatic heterocycles. The van der Waals surface area contributed by atoms with Crippen LogP contribution >= 0.6 is 0 Å². The van der Waals surface area contributed by atoms with E-state index >= 15 is 0 Å². The summed E-state index contributed by atoms with van der Waals surface area (Å²) in [6.07, 6.45) is 0.